The van der Waals surface area contributed by atoms with Crippen LogP contribution in [-0.2, 0) is 12.8 Å². The van der Waals surface area contributed by atoms with Gasteiger partial charge in [-0.25, -0.2) is 9.97 Å². The molecule has 6 aromatic rings. The highest BCUT2D eigenvalue weighted by atomic mass is 16.5. The van der Waals surface area contributed by atoms with E-state index in [2.05, 4.69) is 32.6 Å². The highest BCUT2D eigenvalue weighted by Gasteiger charge is 2.17. The zero-order valence-corrected chi connectivity index (χ0v) is 23.1. The first-order valence-electron chi connectivity index (χ1n) is 13.2. The molecule has 0 aliphatic carbocycles. The van der Waals surface area contributed by atoms with Crippen molar-refractivity contribution in [3.05, 3.63) is 107 Å². The quantitative estimate of drug-likeness (QED) is 0.184. The van der Waals surface area contributed by atoms with Gasteiger partial charge >= 0.3 is 0 Å². The molecule has 0 saturated heterocycles. The fourth-order valence-corrected chi connectivity index (χ4v) is 5.14. The number of methoxy groups -OCH3 is 2. The molecule has 4 aromatic carbocycles. The van der Waals surface area contributed by atoms with E-state index >= 15 is 0 Å². The van der Waals surface area contributed by atoms with Gasteiger partial charge in [-0.15, -0.1) is 0 Å². The fourth-order valence-electron chi connectivity index (χ4n) is 5.14. The molecule has 2 aromatic heterocycles. The van der Waals surface area contributed by atoms with E-state index in [1.165, 1.54) is 0 Å². The maximum Gasteiger partial charge on any atom is 0.227 e. The van der Waals surface area contributed by atoms with Crippen LogP contribution in [0.15, 0.2) is 93.8 Å². The van der Waals surface area contributed by atoms with E-state index < -0.39 is 0 Å². The Bertz CT molecular complexity index is 1740. The third kappa shape index (κ3) is 4.96. The lowest BCUT2D eigenvalue weighted by Gasteiger charge is -2.09. The van der Waals surface area contributed by atoms with Crippen molar-refractivity contribution < 1.29 is 18.3 Å². The molecule has 0 saturated carbocycles. The zero-order valence-electron chi connectivity index (χ0n) is 23.1. The van der Waals surface area contributed by atoms with Crippen molar-refractivity contribution in [3.8, 4) is 34.4 Å². The average molecular weight is 531 g/mol. The van der Waals surface area contributed by atoms with Crippen LogP contribution in [-0.4, -0.2) is 24.2 Å². The molecule has 0 amide bonds. The molecule has 0 N–H and O–H groups in total. The van der Waals surface area contributed by atoms with Crippen LogP contribution in [0.5, 0.6) is 11.5 Å². The van der Waals surface area contributed by atoms with Gasteiger partial charge in [0.15, 0.2) is 11.2 Å². The minimum Gasteiger partial charge on any atom is -0.497 e. The van der Waals surface area contributed by atoms with Crippen molar-refractivity contribution >= 4 is 22.2 Å². The van der Waals surface area contributed by atoms with Crippen molar-refractivity contribution in [1.82, 2.24) is 9.97 Å². The Labute approximate surface area is 232 Å². The van der Waals surface area contributed by atoms with E-state index in [0.717, 1.165) is 72.7 Å². The van der Waals surface area contributed by atoms with Crippen LogP contribution >= 0.6 is 0 Å². The molecule has 0 fully saturated rings. The number of nitrogens with zero attached hydrogens (tertiary/aromatic N) is 2. The van der Waals surface area contributed by atoms with Gasteiger partial charge in [0, 0.05) is 22.3 Å². The van der Waals surface area contributed by atoms with Crippen molar-refractivity contribution in [2.75, 3.05) is 14.2 Å². The number of aryl methyl sites for hydroxylation is 2. The summed E-state index contributed by atoms with van der Waals surface area (Å²) in [5, 5.41) is 0. The normalized spacial score (nSPS) is 11.3. The van der Waals surface area contributed by atoms with Gasteiger partial charge in [-0.1, -0.05) is 36.4 Å². The van der Waals surface area contributed by atoms with Crippen LogP contribution in [0.2, 0.25) is 0 Å². The van der Waals surface area contributed by atoms with Crippen LogP contribution in [0.3, 0.4) is 0 Å². The molecule has 0 aliphatic heterocycles. The van der Waals surface area contributed by atoms with Crippen LogP contribution in [0.1, 0.15) is 22.3 Å². The van der Waals surface area contributed by atoms with Crippen LogP contribution < -0.4 is 9.47 Å². The monoisotopic (exact) mass is 530 g/mol. The highest BCUT2D eigenvalue weighted by molar-refractivity contribution is 5.82. The molecule has 0 atom stereocenters. The van der Waals surface area contributed by atoms with E-state index in [9.17, 15) is 0 Å². The van der Waals surface area contributed by atoms with Gasteiger partial charge in [0.05, 0.1) is 14.2 Å². The van der Waals surface area contributed by atoms with Gasteiger partial charge < -0.3 is 18.3 Å². The standard InChI is InChI=1S/C34H30N2O4/c1-20(12-25-14-21(2)16-29-31(25)39-33(35-29)23-8-6-10-27(18-23)37-4)13-26-15-22(3)17-30-32(26)40-34(36-30)24-9-7-11-28(19-24)38-5/h6-11,14-19H,1,12-13H2,2-5H3. The summed E-state index contributed by atoms with van der Waals surface area (Å²) in [5.74, 6) is 2.66. The molecule has 0 radical (unpaired) electrons. The Kier molecular flexibility index (Phi) is 6.60. The molecule has 0 aliphatic rings. The summed E-state index contributed by atoms with van der Waals surface area (Å²) in [6, 6.07) is 23.9. The van der Waals surface area contributed by atoms with Crippen molar-refractivity contribution in [3.63, 3.8) is 0 Å². The Hall–Kier alpha value is -4.84. The Morgan fingerprint density at radius 1 is 0.675 bits per heavy atom. The maximum absolute atomic E-state index is 6.30. The number of hydrogen-bond donors (Lipinski definition) is 0. The summed E-state index contributed by atoms with van der Waals surface area (Å²) >= 11 is 0. The number of ether oxygens (including phenoxy) is 2. The molecule has 0 spiro atoms. The van der Waals surface area contributed by atoms with Gasteiger partial charge in [0.25, 0.3) is 0 Å². The lowest BCUT2D eigenvalue weighted by atomic mass is 9.97. The minimum atomic E-state index is 0.568. The molecular weight excluding hydrogens is 500 g/mol. The van der Waals surface area contributed by atoms with Crippen LogP contribution in [0, 0.1) is 13.8 Å². The summed E-state index contributed by atoms with van der Waals surface area (Å²) in [5.41, 5.74) is 10.4. The van der Waals surface area contributed by atoms with Crippen LogP contribution in [0.4, 0.5) is 0 Å². The molecule has 40 heavy (non-hydrogen) atoms. The third-order valence-electron chi connectivity index (χ3n) is 6.94. The number of fused-ring (bicyclic) bond motifs is 2. The van der Waals surface area contributed by atoms with Crippen molar-refractivity contribution in [1.29, 1.82) is 0 Å². The predicted octanol–water partition coefficient (Wildman–Crippen LogP) is 8.28. The number of rotatable bonds is 8. The SMILES string of the molecule is C=C(Cc1cc(C)cc2nc(-c3cccc(OC)c3)oc12)Cc1cc(C)cc2nc(-c3cccc(OC)c3)oc12. The van der Waals surface area contributed by atoms with Gasteiger partial charge in [-0.3, -0.25) is 0 Å². The third-order valence-corrected chi connectivity index (χ3v) is 6.94. The number of hydrogen-bond acceptors (Lipinski definition) is 6. The highest BCUT2D eigenvalue weighted by Crippen LogP contribution is 2.33. The van der Waals surface area contributed by atoms with Gasteiger partial charge in [-0.2, -0.15) is 0 Å². The van der Waals surface area contributed by atoms with Crippen molar-refractivity contribution in [2.45, 2.75) is 26.7 Å². The number of benzene rings is 4. The summed E-state index contributed by atoms with van der Waals surface area (Å²) in [6.45, 7) is 8.58. The first-order valence-corrected chi connectivity index (χ1v) is 13.2. The predicted molar refractivity (Wildman–Crippen MR) is 158 cm³/mol. The Balaban J connectivity index is 1.31. The number of aromatic nitrogens is 2. The summed E-state index contributed by atoms with van der Waals surface area (Å²) < 4.78 is 23.4. The van der Waals surface area contributed by atoms with Gasteiger partial charge in [-0.05, 0) is 86.3 Å². The second-order valence-electron chi connectivity index (χ2n) is 10.2. The van der Waals surface area contributed by atoms with E-state index in [-0.39, 0.29) is 0 Å². The van der Waals surface area contributed by atoms with Crippen molar-refractivity contribution in [2.24, 2.45) is 0 Å². The minimum absolute atomic E-state index is 0.568. The summed E-state index contributed by atoms with van der Waals surface area (Å²) in [7, 11) is 3.30. The largest absolute Gasteiger partial charge is 0.497 e. The molecule has 0 unspecified atom stereocenters. The van der Waals surface area contributed by atoms with E-state index in [1.807, 2.05) is 60.7 Å². The Morgan fingerprint density at radius 2 is 1.12 bits per heavy atom. The lowest BCUT2D eigenvalue weighted by molar-refractivity contribution is 0.414. The topological polar surface area (TPSA) is 70.5 Å². The maximum atomic E-state index is 6.30. The molecule has 6 nitrogen and oxygen atoms in total. The summed E-state index contributed by atoms with van der Waals surface area (Å²) in [6.07, 6.45) is 1.30. The van der Waals surface area contributed by atoms with Crippen LogP contribution in [0.25, 0.3) is 45.1 Å². The Morgan fingerprint density at radius 3 is 1.55 bits per heavy atom. The summed E-state index contributed by atoms with van der Waals surface area (Å²) in [4.78, 5) is 9.57. The van der Waals surface area contributed by atoms with E-state index in [4.69, 9.17) is 28.3 Å². The molecule has 0 bridgehead atoms. The average Bonchev–Trinajstić information content (AvgIpc) is 3.58. The van der Waals surface area contributed by atoms with Gasteiger partial charge in [0.2, 0.25) is 11.8 Å². The molecule has 2 heterocycles. The first kappa shape index (κ1) is 25.4. The smallest absolute Gasteiger partial charge is 0.227 e. The molecular formula is C34H30N2O4. The van der Waals surface area contributed by atoms with Gasteiger partial charge in [0.1, 0.15) is 22.5 Å². The molecule has 200 valence electrons. The fraction of sp³-hybridized carbons (Fsp3) is 0.176. The first-order chi connectivity index (χ1) is 19.4. The van der Waals surface area contributed by atoms with E-state index in [1.54, 1.807) is 14.2 Å². The molecule has 6 heteroatoms. The number of oxazole rings is 2. The second-order valence-corrected chi connectivity index (χ2v) is 10.2. The number of allylic oxidation sites excluding steroid dienone is 1. The second kappa shape index (κ2) is 10.4. The van der Waals surface area contributed by atoms with E-state index in [0.29, 0.717) is 24.6 Å². The molecule has 6 rings (SSSR count). The zero-order chi connectivity index (χ0) is 27.8. The lowest BCUT2D eigenvalue weighted by Crippen LogP contribution is -1.97.